The molecule has 9 nitrogen and oxygen atoms in total. The van der Waals surface area contributed by atoms with E-state index in [9.17, 15) is 22.8 Å². The monoisotopic (exact) mass is 719 g/mol. The van der Waals surface area contributed by atoms with Gasteiger partial charge in [-0.15, -0.1) is 0 Å². The van der Waals surface area contributed by atoms with Crippen molar-refractivity contribution in [3.8, 4) is 0 Å². The predicted molar refractivity (Wildman–Crippen MR) is 181 cm³/mol. The van der Waals surface area contributed by atoms with Gasteiger partial charge in [-0.2, -0.15) is 13.2 Å². The summed E-state index contributed by atoms with van der Waals surface area (Å²) in [5.74, 6) is -3.47. The molecule has 5 rings (SSSR count). The van der Waals surface area contributed by atoms with Gasteiger partial charge in [-0.25, -0.2) is 9.59 Å². The number of unbranched alkanes of at least 4 members (excludes halogenated alkanes) is 7. The number of carboxylic acid groups (broad SMARTS) is 1. The fraction of sp³-hybridized carbons (Fsp3) is 0.615. The molecular formula is C39H52F3NO8. The SMILES string of the molecule is CCCCCCCCCCOC(=O)OCOC(C(=O)OC1CC2CCC(C1)[N+]21CCCC1)(c1ccccc1)c1ccccc1.O=C([O-])C(F)(F)F. The second-order valence-electron chi connectivity index (χ2n) is 13.8. The first-order chi connectivity index (χ1) is 24.5. The van der Waals surface area contributed by atoms with Gasteiger partial charge in [0.15, 0.2) is 6.79 Å². The van der Waals surface area contributed by atoms with Crippen LogP contribution in [0.2, 0.25) is 0 Å². The zero-order valence-electron chi connectivity index (χ0n) is 29.6. The molecule has 2 atom stereocenters. The van der Waals surface area contributed by atoms with Gasteiger partial charge in [0.25, 0.3) is 0 Å². The largest absolute Gasteiger partial charge is 0.542 e. The van der Waals surface area contributed by atoms with Crippen LogP contribution in [0.5, 0.6) is 0 Å². The van der Waals surface area contributed by atoms with E-state index in [-0.39, 0.29) is 6.10 Å². The third-order valence-electron chi connectivity index (χ3n) is 10.6. The number of hydrogen-bond donors (Lipinski definition) is 0. The summed E-state index contributed by atoms with van der Waals surface area (Å²) in [6.45, 7) is 4.63. The zero-order chi connectivity index (χ0) is 36.7. The number of halogens is 3. The molecule has 0 aromatic heterocycles. The molecule has 2 bridgehead atoms. The second-order valence-corrected chi connectivity index (χ2v) is 13.8. The van der Waals surface area contributed by atoms with Crippen molar-refractivity contribution in [3.05, 3.63) is 71.8 Å². The van der Waals surface area contributed by atoms with Gasteiger partial charge in [0.05, 0.1) is 31.8 Å². The standard InChI is InChI=1S/C37H52NO6.C2HF3O2/c1-2-3-4-5-6-7-8-17-26-41-36(40)42-29-43-37(30-18-11-9-12-19-30,31-20-13-10-14-21-31)35(39)44-34-27-32-22-23-33(28-34)38(32)24-15-16-25-38;3-2(4,5)1(6)7/h9-14,18-21,32-34H,2-8,15-17,22-29H2,1H3;(H,6,7)/q+1;/p-1. The van der Waals surface area contributed by atoms with Crippen LogP contribution in [0.1, 0.15) is 108 Å². The Kier molecular flexibility index (Phi) is 15.2. The lowest BCUT2D eigenvalue weighted by atomic mass is 9.85. The molecular weight excluding hydrogens is 667 g/mol. The molecule has 0 radical (unpaired) electrons. The van der Waals surface area contributed by atoms with E-state index in [1.54, 1.807) is 0 Å². The number of carbonyl (C=O) groups excluding carboxylic acids is 3. The quantitative estimate of drug-likeness (QED) is 0.0767. The summed E-state index contributed by atoms with van der Waals surface area (Å²) in [5, 5.41) is 8.78. The Balaban J connectivity index is 0.000000755. The molecule has 0 amide bonds. The molecule has 282 valence electrons. The van der Waals surface area contributed by atoms with Gasteiger partial charge >= 0.3 is 18.3 Å². The molecule has 3 aliphatic rings. The average molecular weight is 720 g/mol. The van der Waals surface area contributed by atoms with Crippen molar-refractivity contribution in [1.82, 2.24) is 0 Å². The smallest absolute Gasteiger partial charge is 0.510 e. The highest BCUT2D eigenvalue weighted by Gasteiger charge is 2.57. The minimum absolute atomic E-state index is 0.155. The summed E-state index contributed by atoms with van der Waals surface area (Å²) < 4.78 is 56.2. The van der Waals surface area contributed by atoms with Crippen LogP contribution in [0.4, 0.5) is 18.0 Å². The number of hydrogen-bond acceptors (Lipinski definition) is 8. The lowest BCUT2D eigenvalue weighted by Gasteiger charge is -2.47. The lowest BCUT2D eigenvalue weighted by Crippen LogP contribution is -2.60. The van der Waals surface area contributed by atoms with Crippen LogP contribution in [0.25, 0.3) is 0 Å². The predicted octanol–water partition coefficient (Wildman–Crippen LogP) is 7.34. The van der Waals surface area contributed by atoms with Crippen molar-refractivity contribution in [2.45, 2.75) is 127 Å². The Morgan fingerprint density at radius 2 is 1.25 bits per heavy atom. The number of benzene rings is 2. The average Bonchev–Trinajstić information content (AvgIpc) is 3.66. The van der Waals surface area contributed by atoms with Gasteiger partial charge < -0.3 is 33.3 Å². The highest BCUT2D eigenvalue weighted by molar-refractivity contribution is 5.86. The molecule has 3 fully saturated rings. The number of nitrogens with zero attached hydrogens (tertiary/aromatic N) is 1. The van der Waals surface area contributed by atoms with Crippen LogP contribution >= 0.6 is 0 Å². The van der Waals surface area contributed by atoms with Crippen molar-refractivity contribution < 1.29 is 56.1 Å². The highest BCUT2D eigenvalue weighted by Crippen LogP contribution is 2.47. The van der Waals surface area contributed by atoms with Crippen LogP contribution in [0.15, 0.2) is 60.7 Å². The highest BCUT2D eigenvalue weighted by atomic mass is 19.4. The Morgan fingerprint density at radius 1 is 0.765 bits per heavy atom. The van der Waals surface area contributed by atoms with Crippen LogP contribution < -0.4 is 5.11 Å². The van der Waals surface area contributed by atoms with E-state index < -0.39 is 36.7 Å². The minimum Gasteiger partial charge on any atom is -0.542 e. The summed E-state index contributed by atoms with van der Waals surface area (Å²) in [6.07, 6.45) is 9.98. The van der Waals surface area contributed by atoms with E-state index in [0.29, 0.717) is 29.8 Å². The van der Waals surface area contributed by atoms with Crippen molar-refractivity contribution in [2.75, 3.05) is 26.5 Å². The Bertz CT molecular complexity index is 1310. The molecule has 3 heterocycles. The third kappa shape index (κ3) is 10.7. The molecule has 2 aromatic rings. The van der Waals surface area contributed by atoms with Gasteiger partial charge in [-0.05, 0) is 17.5 Å². The van der Waals surface area contributed by atoms with E-state index in [1.165, 1.54) is 75.4 Å². The minimum atomic E-state index is -5.19. The molecule has 2 unspecified atom stereocenters. The Labute approximate surface area is 299 Å². The number of aliphatic carboxylic acids is 1. The molecule has 1 spiro atoms. The number of piperidine rings is 1. The fourth-order valence-electron chi connectivity index (χ4n) is 8.11. The molecule has 3 aliphatic heterocycles. The zero-order valence-corrected chi connectivity index (χ0v) is 29.6. The van der Waals surface area contributed by atoms with Crippen molar-refractivity contribution in [3.63, 3.8) is 0 Å². The van der Waals surface area contributed by atoms with Crippen molar-refractivity contribution >= 4 is 18.1 Å². The maximum atomic E-state index is 14.4. The normalized spacial score (nSPS) is 20.7. The second kappa shape index (κ2) is 19.3. The number of ether oxygens (including phenoxy) is 4. The van der Waals surface area contributed by atoms with Gasteiger partial charge in [-0.1, -0.05) is 113 Å². The van der Waals surface area contributed by atoms with E-state index >= 15 is 0 Å². The molecule has 2 aromatic carbocycles. The van der Waals surface area contributed by atoms with Crippen molar-refractivity contribution in [1.29, 1.82) is 0 Å². The van der Waals surface area contributed by atoms with Crippen LogP contribution in [-0.4, -0.2) is 73.4 Å². The number of rotatable bonds is 16. The first-order valence-electron chi connectivity index (χ1n) is 18.4. The molecule has 0 aliphatic carbocycles. The van der Waals surface area contributed by atoms with Crippen molar-refractivity contribution in [2.24, 2.45) is 0 Å². The van der Waals surface area contributed by atoms with E-state index in [0.717, 1.165) is 32.1 Å². The summed E-state index contributed by atoms with van der Waals surface area (Å²) in [6, 6.07) is 19.9. The Hall–Kier alpha value is -3.64. The maximum Gasteiger partial charge on any atom is 0.510 e. The number of esters is 1. The van der Waals surface area contributed by atoms with Crippen LogP contribution in [0, 0.1) is 0 Å². The lowest BCUT2D eigenvalue weighted by molar-refractivity contribution is -0.956. The molecule has 51 heavy (non-hydrogen) atoms. The maximum absolute atomic E-state index is 14.4. The number of alkyl halides is 3. The van der Waals surface area contributed by atoms with E-state index in [4.69, 9.17) is 28.8 Å². The van der Waals surface area contributed by atoms with Gasteiger partial charge in [0.2, 0.25) is 5.60 Å². The van der Waals surface area contributed by atoms with Crippen LogP contribution in [0.3, 0.4) is 0 Å². The molecule has 12 heteroatoms. The van der Waals surface area contributed by atoms with E-state index in [2.05, 4.69) is 6.92 Å². The molecule has 3 saturated heterocycles. The first-order valence-corrected chi connectivity index (χ1v) is 18.4. The number of carboxylic acids is 1. The molecule has 0 N–H and O–H groups in total. The van der Waals surface area contributed by atoms with E-state index in [1.807, 2.05) is 60.7 Å². The number of carbonyl (C=O) groups is 3. The number of quaternary nitrogens is 1. The topological polar surface area (TPSA) is 111 Å². The summed E-state index contributed by atoms with van der Waals surface area (Å²) in [4.78, 5) is 35.6. The fourth-order valence-corrected chi connectivity index (χ4v) is 8.11. The first kappa shape index (κ1) is 40.1. The van der Waals surface area contributed by atoms with Gasteiger partial charge in [0, 0.05) is 38.5 Å². The third-order valence-corrected chi connectivity index (χ3v) is 10.6. The van der Waals surface area contributed by atoms with Crippen LogP contribution in [-0.2, 0) is 34.1 Å². The molecule has 0 saturated carbocycles. The van der Waals surface area contributed by atoms with Gasteiger partial charge in [-0.3, -0.25) is 0 Å². The summed E-state index contributed by atoms with van der Waals surface area (Å²) in [5.41, 5.74) is -0.320. The summed E-state index contributed by atoms with van der Waals surface area (Å²) in [7, 11) is 0. The Morgan fingerprint density at radius 3 is 1.75 bits per heavy atom. The van der Waals surface area contributed by atoms with Gasteiger partial charge in [0.1, 0.15) is 12.1 Å². The summed E-state index contributed by atoms with van der Waals surface area (Å²) >= 11 is 0.